The number of aryl methyl sites for hydroxylation is 2. The lowest BCUT2D eigenvalue weighted by Gasteiger charge is -2.18. The molecule has 0 bridgehead atoms. The lowest BCUT2D eigenvalue weighted by Crippen LogP contribution is -2.21. The highest BCUT2D eigenvalue weighted by atomic mass is 16.5. The molecule has 0 fully saturated rings. The maximum atomic E-state index is 6.29. The monoisotopic (exact) mass is 420 g/mol. The van der Waals surface area contributed by atoms with E-state index in [2.05, 4.69) is 13.0 Å². The molecule has 0 saturated heterocycles. The molecule has 1 aromatic carbocycles. The average Bonchev–Trinajstić information content (AvgIpc) is 3.41. The number of hydrogen-bond donors (Lipinski definition) is 0. The fraction of sp³-hybridized carbons (Fsp3) is 0.333. The Morgan fingerprint density at radius 1 is 1.06 bits per heavy atom. The van der Waals surface area contributed by atoms with Crippen molar-refractivity contribution >= 4 is 11.0 Å². The third-order valence-corrected chi connectivity index (χ3v) is 5.33. The van der Waals surface area contributed by atoms with E-state index in [1.54, 1.807) is 14.2 Å². The van der Waals surface area contributed by atoms with Crippen molar-refractivity contribution in [1.82, 2.24) is 19.3 Å². The SMILES string of the molecule is CCC(COC)Oc1cc(C)nc2c(-c3ccc(-n4cccc4)cc3OC)nn(C)c12. The van der Waals surface area contributed by atoms with Crippen LogP contribution >= 0.6 is 0 Å². The number of aromatic nitrogens is 4. The Morgan fingerprint density at radius 3 is 2.52 bits per heavy atom. The molecule has 7 nitrogen and oxygen atoms in total. The van der Waals surface area contributed by atoms with Crippen molar-refractivity contribution in [3.63, 3.8) is 0 Å². The lowest BCUT2D eigenvalue weighted by atomic mass is 10.1. The van der Waals surface area contributed by atoms with Crippen LogP contribution in [0.1, 0.15) is 19.0 Å². The molecule has 0 spiro atoms. The molecular formula is C24H28N4O3. The van der Waals surface area contributed by atoms with Gasteiger partial charge in [0.2, 0.25) is 0 Å². The first-order valence-corrected chi connectivity index (χ1v) is 10.4. The Morgan fingerprint density at radius 2 is 1.84 bits per heavy atom. The molecular weight excluding hydrogens is 392 g/mol. The van der Waals surface area contributed by atoms with E-state index in [1.807, 2.05) is 65.9 Å². The van der Waals surface area contributed by atoms with Gasteiger partial charge >= 0.3 is 0 Å². The van der Waals surface area contributed by atoms with Crippen molar-refractivity contribution in [2.24, 2.45) is 7.05 Å². The standard InChI is InChI=1S/C24H28N4O3/c1-6-18(15-29-4)31-21-13-16(2)25-23-22(26-27(3)24(21)23)19-10-9-17(14-20(19)30-5)28-11-7-8-12-28/h7-14,18H,6,15H2,1-5H3. The molecule has 0 amide bonds. The van der Waals surface area contributed by atoms with Gasteiger partial charge in [0.15, 0.2) is 0 Å². The minimum atomic E-state index is -0.0382. The van der Waals surface area contributed by atoms with Crippen molar-refractivity contribution in [2.45, 2.75) is 26.4 Å². The Balaban J connectivity index is 1.84. The van der Waals surface area contributed by atoms with Gasteiger partial charge in [-0.25, -0.2) is 4.98 Å². The molecule has 3 aromatic heterocycles. The summed E-state index contributed by atoms with van der Waals surface area (Å²) in [5.41, 5.74) is 5.18. The lowest BCUT2D eigenvalue weighted by molar-refractivity contribution is 0.0795. The fourth-order valence-electron chi connectivity index (χ4n) is 3.78. The van der Waals surface area contributed by atoms with E-state index in [0.717, 1.165) is 51.6 Å². The second kappa shape index (κ2) is 8.81. The second-order valence-electron chi connectivity index (χ2n) is 7.51. The van der Waals surface area contributed by atoms with Crippen LogP contribution in [0, 0.1) is 6.92 Å². The zero-order chi connectivity index (χ0) is 22.0. The zero-order valence-electron chi connectivity index (χ0n) is 18.6. The van der Waals surface area contributed by atoms with Gasteiger partial charge < -0.3 is 18.8 Å². The number of benzene rings is 1. The molecule has 0 aliphatic rings. The topological polar surface area (TPSA) is 63.3 Å². The molecule has 162 valence electrons. The highest BCUT2D eigenvalue weighted by Crippen LogP contribution is 2.38. The minimum absolute atomic E-state index is 0.0382. The summed E-state index contributed by atoms with van der Waals surface area (Å²) in [5, 5.41) is 4.80. The summed E-state index contributed by atoms with van der Waals surface area (Å²) in [4.78, 5) is 4.80. The Bertz CT molecular complexity index is 1180. The first kappa shape index (κ1) is 20.9. The van der Waals surface area contributed by atoms with E-state index in [0.29, 0.717) is 6.61 Å². The smallest absolute Gasteiger partial charge is 0.149 e. The predicted octanol–water partition coefficient (Wildman–Crippen LogP) is 4.55. The third-order valence-electron chi connectivity index (χ3n) is 5.33. The van der Waals surface area contributed by atoms with Gasteiger partial charge in [0.05, 0.1) is 13.7 Å². The van der Waals surface area contributed by atoms with E-state index in [-0.39, 0.29) is 6.10 Å². The molecule has 31 heavy (non-hydrogen) atoms. The van der Waals surface area contributed by atoms with Crippen molar-refractivity contribution in [2.75, 3.05) is 20.8 Å². The molecule has 0 radical (unpaired) electrons. The summed E-state index contributed by atoms with van der Waals surface area (Å²) < 4.78 is 21.2. The first-order valence-electron chi connectivity index (χ1n) is 10.4. The van der Waals surface area contributed by atoms with E-state index in [4.69, 9.17) is 24.3 Å². The van der Waals surface area contributed by atoms with Crippen LogP contribution < -0.4 is 9.47 Å². The third kappa shape index (κ3) is 4.01. The van der Waals surface area contributed by atoms with Crippen LogP contribution in [0.5, 0.6) is 11.5 Å². The summed E-state index contributed by atoms with van der Waals surface area (Å²) in [5.74, 6) is 1.50. The van der Waals surface area contributed by atoms with Crippen LogP contribution in [0.3, 0.4) is 0 Å². The second-order valence-corrected chi connectivity index (χ2v) is 7.51. The average molecular weight is 421 g/mol. The van der Waals surface area contributed by atoms with E-state index >= 15 is 0 Å². The Kier molecular flexibility index (Phi) is 5.95. The van der Waals surface area contributed by atoms with E-state index in [1.165, 1.54) is 0 Å². The summed E-state index contributed by atoms with van der Waals surface area (Å²) in [6.07, 6.45) is 4.81. The number of hydrogen-bond acceptors (Lipinski definition) is 5. The van der Waals surface area contributed by atoms with Gasteiger partial charge in [-0.15, -0.1) is 0 Å². The number of pyridine rings is 1. The number of methoxy groups -OCH3 is 2. The van der Waals surface area contributed by atoms with Crippen LogP contribution in [-0.4, -0.2) is 46.3 Å². The molecule has 3 heterocycles. The Hall–Kier alpha value is -3.32. The van der Waals surface area contributed by atoms with Gasteiger partial charge in [-0.3, -0.25) is 4.68 Å². The number of nitrogens with zero attached hydrogens (tertiary/aromatic N) is 4. The quantitative estimate of drug-likeness (QED) is 0.419. The maximum Gasteiger partial charge on any atom is 0.149 e. The largest absolute Gasteiger partial charge is 0.496 e. The predicted molar refractivity (Wildman–Crippen MR) is 121 cm³/mol. The van der Waals surface area contributed by atoms with Crippen molar-refractivity contribution in [3.8, 4) is 28.4 Å². The van der Waals surface area contributed by atoms with Crippen molar-refractivity contribution in [1.29, 1.82) is 0 Å². The van der Waals surface area contributed by atoms with E-state index < -0.39 is 0 Å². The van der Waals surface area contributed by atoms with Gasteiger partial charge in [0.1, 0.15) is 34.3 Å². The minimum Gasteiger partial charge on any atom is -0.496 e. The maximum absolute atomic E-state index is 6.29. The van der Waals surface area contributed by atoms with E-state index in [9.17, 15) is 0 Å². The van der Waals surface area contributed by atoms with Crippen LogP contribution in [0.4, 0.5) is 0 Å². The van der Waals surface area contributed by atoms with Crippen molar-refractivity contribution < 1.29 is 14.2 Å². The molecule has 0 aliphatic heterocycles. The zero-order valence-corrected chi connectivity index (χ0v) is 18.6. The summed E-state index contributed by atoms with van der Waals surface area (Å²) in [6, 6.07) is 12.0. The molecule has 1 atom stereocenters. The van der Waals surface area contributed by atoms with Gasteiger partial charge in [-0.1, -0.05) is 6.92 Å². The van der Waals surface area contributed by atoms with Crippen LogP contribution in [0.25, 0.3) is 28.0 Å². The van der Waals surface area contributed by atoms with Crippen LogP contribution in [-0.2, 0) is 11.8 Å². The molecule has 4 rings (SSSR count). The highest BCUT2D eigenvalue weighted by Gasteiger charge is 2.21. The van der Waals surface area contributed by atoms with Crippen LogP contribution in [0.2, 0.25) is 0 Å². The van der Waals surface area contributed by atoms with Crippen molar-refractivity contribution in [3.05, 3.63) is 54.5 Å². The molecule has 0 aliphatic carbocycles. The molecule has 0 N–H and O–H groups in total. The normalized spacial score (nSPS) is 12.3. The fourth-order valence-corrected chi connectivity index (χ4v) is 3.78. The molecule has 0 saturated carbocycles. The number of rotatable bonds is 8. The van der Waals surface area contributed by atoms with Gasteiger partial charge in [0, 0.05) is 55.6 Å². The number of ether oxygens (including phenoxy) is 3. The summed E-state index contributed by atoms with van der Waals surface area (Å²) in [7, 11) is 5.27. The highest BCUT2D eigenvalue weighted by molar-refractivity contribution is 5.95. The summed E-state index contributed by atoms with van der Waals surface area (Å²) >= 11 is 0. The number of fused-ring (bicyclic) bond motifs is 1. The Labute approximate surface area is 182 Å². The van der Waals surface area contributed by atoms with Crippen LogP contribution in [0.15, 0.2) is 48.8 Å². The van der Waals surface area contributed by atoms with Gasteiger partial charge in [0.25, 0.3) is 0 Å². The molecule has 1 unspecified atom stereocenters. The summed E-state index contributed by atoms with van der Waals surface area (Å²) in [6.45, 7) is 4.58. The first-order chi connectivity index (χ1) is 15.0. The van der Waals surface area contributed by atoms with Gasteiger partial charge in [-0.2, -0.15) is 5.10 Å². The van der Waals surface area contributed by atoms with Gasteiger partial charge in [-0.05, 0) is 37.6 Å². The molecule has 4 aromatic rings. The molecule has 7 heteroatoms.